The van der Waals surface area contributed by atoms with Gasteiger partial charge in [0.25, 0.3) is 0 Å². The van der Waals surface area contributed by atoms with Crippen LogP contribution in [-0.4, -0.2) is 79.4 Å². The van der Waals surface area contributed by atoms with Gasteiger partial charge in [-0.25, -0.2) is 0 Å². The minimum absolute atomic E-state index is 0. The first kappa shape index (κ1) is 20.2. The van der Waals surface area contributed by atoms with E-state index in [1.165, 1.54) is 11.9 Å². The molecule has 0 spiro atoms. The van der Waals surface area contributed by atoms with Gasteiger partial charge >= 0.3 is 29.6 Å². The average Bonchev–Trinajstić information content (AvgIpc) is 2.25. The topological polar surface area (TPSA) is 104 Å². The van der Waals surface area contributed by atoms with Crippen LogP contribution in [0, 0.1) is 0 Å². The fourth-order valence-electron chi connectivity index (χ4n) is 1.03. The maximum atomic E-state index is 9.50. The normalized spacial score (nSPS) is 17.5. The maximum absolute atomic E-state index is 9.50. The smallest absolute Gasteiger partial charge is 0.411 e. The van der Waals surface area contributed by atoms with Crippen molar-refractivity contribution in [1.29, 1.82) is 0 Å². The van der Waals surface area contributed by atoms with Crippen LogP contribution in [0.5, 0.6) is 0 Å². The van der Waals surface area contributed by atoms with E-state index in [0.717, 1.165) is 0 Å². The number of thiocarbonyl (C=S) groups is 1. The first-order chi connectivity index (χ1) is 7.31. The summed E-state index contributed by atoms with van der Waals surface area (Å²) in [7, 11) is 1.53. The second-order valence-corrected chi connectivity index (χ2v) is 4.48. The van der Waals surface area contributed by atoms with E-state index < -0.39 is 31.0 Å². The van der Waals surface area contributed by atoms with E-state index in [0.29, 0.717) is 0 Å². The van der Waals surface area contributed by atoms with Gasteiger partial charge in [0.1, 0.15) is 18.3 Å². The van der Waals surface area contributed by atoms with Crippen LogP contribution in [0.3, 0.4) is 0 Å². The van der Waals surface area contributed by atoms with Gasteiger partial charge in [-0.3, -0.25) is 0 Å². The van der Waals surface area contributed by atoms with Crippen molar-refractivity contribution in [1.82, 2.24) is 4.90 Å². The van der Waals surface area contributed by atoms with Crippen molar-refractivity contribution in [2.45, 2.75) is 24.4 Å². The third kappa shape index (κ3) is 7.16. The summed E-state index contributed by atoms with van der Waals surface area (Å²) < 4.78 is 0.114. The summed E-state index contributed by atoms with van der Waals surface area (Å²) in [5.41, 5.74) is 0. The second-order valence-electron chi connectivity index (χ2n) is 3.44. The molecule has 5 N–H and O–H groups in total. The van der Waals surface area contributed by atoms with Gasteiger partial charge in [0, 0.05) is 13.6 Å². The van der Waals surface area contributed by atoms with E-state index in [1.54, 1.807) is 0 Å². The Kier molecular flexibility index (Phi) is 11.7. The van der Waals surface area contributed by atoms with E-state index >= 15 is 0 Å². The molecule has 0 saturated heterocycles. The molecule has 0 saturated carbocycles. The number of hydrogen-bond acceptors (Lipinski definition) is 7. The number of aliphatic hydroxyl groups is 5. The zero-order valence-corrected chi connectivity index (χ0v) is 13.4. The molecular formula is C8H16NNaO5S2. The van der Waals surface area contributed by atoms with Crippen LogP contribution in [0.4, 0.5) is 0 Å². The van der Waals surface area contributed by atoms with Crippen LogP contribution in [0.15, 0.2) is 0 Å². The Bertz CT molecular complexity index is 236. The Morgan fingerprint density at radius 1 is 1.18 bits per heavy atom. The molecule has 0 fully saturated rings. The monoisotopic (exact) mass is 293 g/mol. The molecule has 9 heteroatoms. The summed E-state index contributed by atoms with van der Waals surface area (Å²) in [5.74, 6) is 0. The van der Waals surface area contributed by atoms with Crippen molar-refractivity contribution in [3.05, 3.63) is 0 Å². The molecule has 0 aliphatic carbocycles. The molecule has 0 unspecified atom stereocenters. The van der Waals surface area contributed by atoms with E-state index in [-0.39, 0.29) is 40.4 Å². The van der Waals surface area contributed by atoms with Crippen molar-refractivity contribution >= 4 is 29.2 Å². The molecule has 0 aromatic heterocycles. The number of nitrogens with zero attached hydrogens (tertiary/aromatic N) is 1. The van der Waals surface area contributed by atoms with Gasteiger partial charge in [0.05, 0.1) is 12.7 Å². The van der Waals surface area contributed by atoms with Crippen LogP contribution < -0.4 is 29.6 Å². The molecular weight excluding hydrogens is 277 g/mol. The zero-order valence-electron chi connectivity index (χ0n) is 9.72. The Hall–Kier alpha value is 0.910. The molecule has 0 heterocycles. The predicted octanol–water partition coefficient (Wildman–Crippen LogP) is -5.81. The molecule has 0 radical (unpaired) electrons. The van der Waals surface area contributed by atoms with Crippen LogP contribution in [0.2, 0.25) is 0 Å². The van der Waals surface area contributed by atoms with Crippen molar-refractivity contribution < 1.29 is 55.1 Å². The fraction of sp³-hybridized carbons (Fsp3) is 0.875. The van der Waals surface area contributed by atoms with Gasteiger partial charge in [-0.1, -0.05) is 4.32 Å². The number of likely N-dealkylation sites (N-methyl/N-ethyl adjacent to an activating group) is 1. The fourth-order valence-corrected chi connectivity index (χ4v) is 1.18. The van der Waals surface area contributed by atoms with Crippen LogP contribution in [-0.2, 0) is 12.6 Å². The largest absolute Gasteiger partial charge is 1.00 e. The van der Waals surface area contributed by atoms with Crippen molar-refractivity contribution in [3.63, 3.8) is 0 Å². The molecule has 96 valence electrons. The van der Waals surface area contributed by atoms with E-state index in [2.05, 4.69) is 24.8 Å². The van der Waals surface area contributed by atoms with Crippen LogP contribution in [0.1, 0.15) is 0 Å². The Balaban J connectivity index is 0. The van der Waals surface area contributed by atoms with Crippen LogP contribution in [0.25, 0.3) is 0 Å². The molecule has 0 aliphatic rings. The molecule has 0 bridgehead atoms. The van der Waals surface area contributed by atoms with Gasteiger partial charge in [-0.15, -0.1) is 0 Å². The SMILES string of the molecule is CN(C[C@H](O)[C@@H](O)[C@H](O)[C@H](O)CO)C(=S)[S-].[Na+]. The summed E-state index contributed by atoms with van der Waals surface area (Å²) in [6.07, 6.45) is -6.06. The third-order valence-corrected chi connectivity index (χ3v) is 2.72. The maximum Gasteiger partial charge on any atom is 1.00 e. The van der Waals surface area contributed by atoms with E-state index in [4.69, 9.17) is 10.2 Å². The molecule has 0 aliphatic heterocycles. The first-order valence-electron chi connectivity index (χ1n) is 4.56. The molecule has 6 nitrogen and oxygen atoms in total. The van der Waals surface area contributed by atoms with E-state index in [1.807, 2.05) is 0 Å². The second kappa shape index (κ2) is 9.79. The van der Waals surface area contributed by atoms with Gasteiger partial charge in [0.15, 0.2) is 0 Å². The van der Waals surface area contributed by atoms with Crippen LogP contribution >= 0.6 is 12.2 Å². The molecule has 0 aromatic carbocycles. The molecule has 17 heavy (non-hydrogen) atoms. The minimum Gasteiger partial charge on any atom is -0.411 e. The van der Waals surface area contributed by atoms with Gasteiger partial charge in [0.2, 0.25) is 0 Å². The van der Waals surface area contributed by atoms with Gasteiger partial charge in [-0.2, -0.15) is 0 Å². The standard InChI is InChI=1S/C8H17NO5S2.Na/c1-9(8(15)16)2-4(11)6(13)7(14)5(12)3-10;/h4-7,10-14H,2-3H2,1H3,(H,15,16);/q;+1/p-1/t4-,5+,6+,7+;/m0./s1. The van der Waals surface area contributed by atoms with Gasteiger partial charge in [-0.05, 0) is 0 Å². The zero-order chi connectivity index (χ0) is 12.9. The summed E-state index contributed by atoms with van der Waals surface area (Å²) in [4.78, 5) is 1.34. The summed E-state index contributed by atoms with van der Waals surface area (Å²) in [6, 6.07) is 0. The Morgan fingerprint density at radius 3 is 1.94 bits per heavy atom. The number of aliphatic hydroxyl groups excluding tert-OH is 5. The summed E-state index contributed by atoms with van der Waals surface area (Å²) >= 11 is 9.32. The Morgan fingerprint density at radius 2 is 1.59 bits per heavy atom. The van der Waals surface area contributed by atoms with Crippen molar-refractivity contribution in [2.75, 3.05) is 20.2 Å². The molecule has 4 atom stereocenters. The molecule has 0 rings (SSSR count). The number of rotatable bonds is 6. The predicted molar refractivity (Wildman–Crippen MR) is 63.7 cm³/mol. The molecule has 0 aromatic rings. The van der Waals surface area contributed by atoms with E-state index in [9.17, 15) is 15.3 Å². The Labute approximate surface area is 133 Å². The molecule has 0 amide bonds. The minimum atomic E-state index is -1.63. The quantitative estimate of drug-likeness (QED) is 0.187. The first-order valence-corrected chi connectivity index (χ1v) is 5.38. The third-order valence-electron chi connectivity index (χ3n) is 2.10. The summed E-state index contributed by atoms with van der Waals surface area (Å²) in [6.45, 7) is -0.779. The summed E-state index contributed by atoms with van der Waals surface area (Å²) in [5, 5.41) is 45.9. The van der Waals surface area contributed by atoms with Crippen molar-refractivity contribution in [2.24, 2.45) is 0 Å². The van der Waals surface area contributed by atoms with Gasteiger partial charge < -0.3 is 55.3 Å². The number of hydrogen-bond donors (Lipinski definition) is 5. The average molecular weight is 293 g/mol. The van der Waals surface area contributed by atoms with Crippen molar-refractivity contribution in [3.8, 4) is 0 Å².